The van der Waals surface area contributed by atoms with Crippen molar-refractivity contribution in [1.82, 2.24) is 0 Å². The van der Waals surface area contributed by atoms with E-state index in [1.165, 1.54) is 19.3 Å². The molecular formula is C20H32O4. The number of Topliss-reactive ketones (excluding diaryl/α,β-unsaturated/α-hetero) is 1. The SMILES string of the molecule is O=C1CCC(C2CCC(COOC(=O)C3CCCCC3)CC2)CC1. The third kappa shape index (κ3) is 5.05. The van der Waals surface area contributed by atoms with Crippen LogP contribution in [-0.2, 0) is 19.4 Å². The molecule has 0 aromatic rings. The lowest BCUT2D eigenvalue weighted by Gasteiger charge is -2.35. The summed E-state index contributed by atoms with van der Waals surface area (Å²) in [5, 5.41) is 0. The average molecular weight is 336 g/mol. The summed E-state index contributed by atoms with van der Waals surface area (Å²) in [4.78, 5) is 33.7. The van der Waals surface area contributed by atoms with E-state index in [1.54, 1.807) is 0 Å². The topological polar surface area (TPSA) is 52.6 Å². The first-order valence-electron chi connectivity index (χ1n) is 10.1. The lowest BCUT2D eigenvalue weighted by molar-refractivity contribution is -0.283. The van der Waals surface area contributed by atoms with Gasteiger partial charge in [-0.1, -0.05) is 19.3 Å². The largest absolute Gasteiger partial charge is 0.345 e. The fourth-order valence-corrected chi connectivity index (χ4v) is 4.85. The van der Waals surface area contributed by atoms with Crippen molar-refractivity contribution in [1.29, 1.82) is 0 Å². The summed E-state index contributed by atoms with van der Waals surface area (Å²) in [6.45, 7) is 0.550. The Morgan fingerprint density at radius 3 is 2.12 bits per heavy atom. The van der Waals surface area contributed by atoms with Crippen molar-refractivity contribution >= 4 is 11.8 Å². The molecule has 0 saturated heterocycles. The second-order valence-electron chi connectivity index (χ2n) is 8.18. The van der Waals surface area contributed by atoms with Gasteiger partial charge in [-0.15, -0.1) is 0 Å². The Morgan fingerprint density at radius 2 is 1.46 bits per heavy atom. The number of carbonyl (C=O) groups is 2. The minimum absolute atomic E-state index is 0.0588. The second-order valence-corrected chi connectivity index (χ2v) is 8.18. The summed E-state index contributed by atoms with van der Waals surface area (Å²) in [6, 6.07) is 0. The molecule has 4 nitrogen and oxygen atoms in total. The minimum atomic E-state index is -0.157. The van der Waals surface area contributed by atoms with Crippen LogP contribution in [0, 0.1) is 23.7 Å². The maximum absolute atomic E-state index is 12.0. The van der Waals surface area contributed by atoms with Crippen LogP contribution >= 0.6 is 0 Å². The zero-order valence-electron chi connectivity index (χ0n) is 14.8. The lowest BCUT2D eigenvalue weighted by Crippen LogP contribution is -2.27. The Hall–Kier alpha value is -0.900. The number of carbonyl (C=O) groups excluding carboxylic acids is 2. The molecule has 3 aliphatic rings. The number of rotatable bonds is 5. The smallest absolute Gasteiger partial charge is 0.300 e. The number of ketones is 1. The van der Waals surface area contributed by atoms with Crippen LogP contribution in [0.5, 0.6) is 0 Å². The summed E-state index contributed by atoms with van der Waals surface area (Å²) in [6.07, 6.45) is 14.0. The van der Waals surface area contributed by atoms with E-state index in [0.717, 1.165) is 76.0 Å². The van der Waals surface area contributed by atoms with E-state index in [1.807, 2.05) is 0 Å². The molecule has 24 heavy (non-hydrogen) atoms. The molecule has 136 valence electrons. The minimum Gasteiger partial charge on any atom is -0.300 e. The van der Waals surface area contributed by atoms with Crippen molar-refractivity contribution in [2.45, 2.75) is 83.5 Å². The van der Waals surface area contributed by atoms with Gasteiger partial charge in [0.1, 0.15) is 5.78 Å². The Balaban J connectivity index is 1.29. The summed E-state index contributed by atoms with van der Waals surface area (Å²) in [5.74, 6) is 2.42. The van der Waals surface area contributed by atoms with Gasteiger partial charge in [-0.3, -0.25) is 9.68 Å². The van der Waals surface area contributed by atoms with Crippen LogP contribution in [0.3, 0.4) is 0 Å². The second kappa shape index (κ2) is 8.98. The monoisotopic (exact) mass is 336 g/mol. The molecule has 3 aliphatic carbocycles. The highest BCUT2D eigenvalue weighted by Gasteiger charge is 2.30. The molecule has 4 heteroatoms. The van der Waals surface area contributed by atoms with E-state index in [-0.39, 0.29) is 11.9 Å². The van der Waals surface area contributed by atoms with Crippen LogP contribution < -0.4 is 0 Å². The molecule has 0 radical (unpaired) electrons. The van der Waals surface area contributed by atoms with Crippen molar-refractivity contribution in [3.63, 3.8) is 0 Å². The van der Waals surface area contributed by atoms with Crippen LogP contribution in [0.1, 0.15) is 83.5 Å². The zero-order valence-corrected chi connectivity index (χ0v) is 14.8. The Kier molecular flexibility index (Phi) is 6.70. The first-order valence-corrected chi connectivity index (χ1v) is 10.1. The third-order valence-corrected chi connectivity index (χ3v) is 6.53. The number of hydrogen-bond donors (Lipinski definition) is 0. The molecular weight excluding hydrogens is 304 g/mol. The van der Waals surface area contributed by atoms with E-state index in [4.69, 9.17) is 9.78 Å². The molecule has 0 heterocycles. The summed E-state index contributed by atoms with van der Waals surface area (Å²) >= 11 is 0. The van der Waals surface area contributed by atoms with Gasteiger partial charge in [0.05, 0.1) is 12.5 Å². The van der Waals surface area contributed by atoms with E-state index in [2.05, 4.69) is 0 Å². The van der Waals surface area contributed by atoms with Gasteiger partial charge in [0.15, 0.2) is 0 Å². The standard InChI is InChI=1S/C20H32O4/c21-19-12-10-17(11-13-19)16-8-6-15(7-9-16)14-23-24-20(22)18-4-2-1-3-5-18/h15-18H,1-14H2. The summed E-state index contributed by atoms with van der Waals surface area (Å²) in [7, 11) is 0. The highest BCUT2D eigenvalue weighted by Crippen LogP contribution is 2.39. The maximum atomic E-state index is 12.0. The third-order valence-electron chi connectivity index (χ3n) is 6.53. The van der Waals surface area contributed by atoms with Gasteiger partial charge < -0.3 is 0 Å². The van der Waals surface area contributed by atoms with E-state index in [9.17, 15) is 9.59 Å². The van der Waals surface area contributed by atoms with Crippen LogP contribution in [0.15, 0.2) is 0 Å². The molecule has 0 aliphatic heterocycles. The molecule has 0 spiro atoms. The van der Waals surface area contributed by atoms with Crippen molar-refractivity contribution < 1.29 is 19.4 Å². The summed E-state index contributed by atoms with van der Waals surface area (Å²) < 4.78 is 0. The van der Waals surface area contributed by atoms with Gasteiger partial charge in [0.25, 0.3) is 0 Å². The first kappa shape index (κ1) is 17.9. The first-order chi connectivity index (χ1) is 11.7. The van der Waals surface area contributed by atoms with Crippen LogP contribution in [0.2, 0.25) is 0 Å². The molecule has 0 amide bonds. The highest BCUT2D eigenvalue weighted by molar-refractivity contribution is 5.79. The van der Waals surface area contributed by atoms with E-state index in [0.29, 0.717) is 18.3 Å². The molecule has 3 fully saturated rings. The predicted octanol–water partition coefficient (Wildman–Crippen LogP) is 4.61. The van der Waals surface area contributed by atoms with Crippen molar-refractivity contribution in [2.24, 2.45) is 23.7 Å². The van der Waals surface area contributed by atoms with Gasteiger partial charge >= 0.3 is 5.97 Å². The van der Waals surface area contributed by atoms with Gasteiger partial charge in [-0.2, -0.15) is 4.89 Å². The molecule has 0 atom stereocenters. The Labute approximate surface area is 145 Å². The fourth-order valence-electron chi connectivity index (χ4n) is 4.85. The molecule has 3 saturated carbocycles. The molecule has 0 aromatic carbocycles. The maximum Gasteiger partial charge on any atom is 0.345 e. The van der Waals surface area contributed by atoms with E-state index >= 15 is 0 Å². The summed E-state index contributed by atoms with van der Waals surface area (Å²) in [5.41, 5.74) is 0. The van der Waals surface area contributed by atoms with Crippen LogP contribution in [0.25, 0.3) is 0 Å². The van der Waals surface area contributed by atoms with Crippen molar-refractivity contribution in [3.05, 3.63) is 0 Å². The fraction of sp³-hybridized carbons (Fsp3) is 0.900. The van der Waals surface area contributed by atoms with Gasteiger partial charge in [0.2, 0.25) is 0 Å². The molecule has 3 rings (SSSR count). The van der Waals surface area contributed by atoms with Gasteiger partial charge in [-0.05, 0) is 69.1 Å². The van der Waals surface area contributed by atoms with E-state index < -0.39 is 0 Å². The van der Waals surface area contributed by atoms with Crippen molar-refractivity contribution in [2.75, 3.05) is 6.61 Å². The normalized spacial score (nSPS) is 30.2. The molecule has 0 bridgehead atoms. The highest BCUT2D eigenvalue weighted by atomic mass is 17.2. The van der Waals surface area contributed by atoms with Crippen LogP contribution in [0.4, 0.5) is 0 Å². The predicted molar refractivity (Wildman–Crippen MR) is 91.0 cm³/mol. The quantitative estimate of drug-likeness (QED) is 0.543. The average Bonchev–Trinajstić information content (AvgIpc) is 2.64. The number of hydrogen-bond acceptors (Lipinski definition) is 4. The Bertz CT molecular complexity index is 409. The van der Waals surface area contributed by atoms with Gasteiger partial charge in [-0.25, -0.2) is 4.79 Å². The lowest BCUT2D eigenvalue weighted by atomic mass is 9.71. The zero-order chi connectivity index (χ0) is 16.8. The van der Waals surface area contributed by atoms with Gasteiger partial charge in [0, 0.05) is 12.8 Å². The molecule has 0 aromatic heterocycles. The molecule has 0 N–H and O–H groups in total. The Morgan fingerprint density at radius 1 is 0.833 bits per heavy atom. The van der Waals surface area contributed by atoms with Crippen LogP contribution in [-0.4, -0.2) is 18.4 Å². The van der Waals surface area contributed by atoms with Crippen molar-refractivity contribution in [3.8, 4) is 0 Å². The molecule has 0 unspecified atom stereocenters.